The average Bonchev–Trinajstić information content (AvgIpc) is 2.92. The Morgan fingerprint density at radius 3 is 2.50 bits per heavy atom. The third-order valence-electron chi connectivity index (χ3n) is 3.09. The van der Waals surface area contributed by atoms with E-state index in [1.807, 2.05) is 11.3 Å². The third kappa shape index (κ3) is 3.26. The molecule has 0 aliphatic heterocycles. The van der Waals surface area contributed by atoms with Crippen molar-refractivity contribution in [2.75, 3.05) is 10.7 Å². The normalized spacial score (nSPS) is 10.8. The van der Waals surface area contributed by atoms with Crippen LogP contribution in [0, 0.1) is 0 Å². The first kappa shape index (κ1) is 14.7. The Balaban J connectivity index is 2.16. The van der Waals surface area contributed by atoms with Gasteiger partial charge in [0.25, 0.3) is 0 Å². The highest BCUT2D eigenvalue weighted by Gasteiger charge is 2.14. The smallest absolute Gasteiger partial charge is 0.148 e. The molecule has 0 saturated heterocycles. The van der Waals surface area contributed by atoms with E-state index in [1.165, 1.54) is 16.1 Å². The predicted octanol–water partition coefficient (Wildman–Crippen LogP) is 3.12. The molecule has 6 heteroatoms. The second-order valence-electron chi connectivity index (χ2n) is 4.86. The van der Waals surface area contributed by atoms with Crippen molar-refractivity contribution in [3.63, 3.8) is 0 Å². The Hall–Kier alpha value is -1.66. The molecule has 0 amide bonds. The van der Waals surface area contributed by atoms with Gasteiger partial charge in [-0.3, -0.25) is 0 Å². The first-order chi connectivity index (χ1) is 9.65. The SMILES string of the molecule is CCc1ccc(CNc2ncnc(NN)c2C(C)C)s1. The van der Waals surface area contributed by atoms with Crippen LogP contribution in [0.4, 0.5) is 11.6 Å². The van der Waals surface area contributed by atoms with Gasteiger partial charge >= 0.3 is 0 Å². The van der Waals surface area contributed by atoms with Crippen molar-refractivity contribution in [2.45, 2.75) is 39.7 Å². The summed E-state index contributed by atoms with van der Waals surface area (Å²) in [5.41, 5.74) is 3.66. The molecule has 108 valence electrons. The van der Waals surface area contributed by atoms with Crippen molar-refractivity contribution in [2.24, 2.45) is 5.84 Å². The standard InChI is InChI=1S/C14H21N5S/c1-4-10-5-6-11(20-10)7-16-13-12(9(2)3)14(19-15)18-8-17-13/h5-6,8-9H,4,7,15H2,1-3H3,(H2,16,17,18,19). The first-order valence-electron chi connectivity index (χ1n) is 6.78. The number of rotatable bonds is 6. The highest BCUT2D eigenvalue weighted by atomic mass is 32.1. The molecule has 0 spiro atoms. The van der Waals surface area contributed by atoms with Crippen molar-refractivity contribution >= 4 is 23.0 Å². The molecule has 0 unspecified atom stereocenters. The van der Waals surface area contributed by atoms with Crippen molar-refractivity contribution in [3.05, 3.63) is 33.8 Å². The first-order valence-corrected chi connectivity index (χ1v) is 7.60. The summed E-state index contributed by atoms with van der Waals surface area (Å²) in [6.07, 6.45) is 2.60. The number of nitrogens with one attached hydrogen (secondary N) is 2. The summed E-state index contributed by atoms with van der Waals surface area (Å²) >= 11 is 1.83. The lowest BCUT2D eigenvalue weighted by Gasteiger charge is -2.16. The summed E-state index contributed by atoms with van der Waals surface area (Å²) in [4.78, 5) is 11.2. The minimum Gasteiger partial charge on any atom is -0.365 e. The molecule has 2 rings (SSSR count). The third-order valence-corrected chi connectivity index (χ3v) is 4.32. The van der Waals surface area contributed by atoms with Gasteiger partial charge in [0.15, 0.2) is 0 Å². The lowest BCUT2D eigenvalue weighted by molar-refractivity contribution is 0.845. The van der Waals surface area contributed by atoms with Crippen molar-refractivity contribution in [1.82, 2.24) is 9.97 Å². The molecule has 0 aromatic carbocycles. The van der Waals surface area contributed by atoms with E-state index in [0.717, 1.165) is 24.3 Å². The number of thiophene rings is 1. The largest absolute Gasteiger partial charge is 0.365 e. The van der Waals surface area contributed by atoms with E-state index in [2.05, 4.69) is 53.6 Å². The Morgan fingerprint density at radius 2 is 1.90 bits per heavy atom. The maximum Gasteiger partial charge on any atom is 0.148 e. The summed E-state index contributed by atoms with van der Waals surface area (Å²) in [5, 5.41) is 3.39. The van der Waals surface area contributed by atoms with E-state index >= 15 is 0 Å². The molecule has 2 aromatic heterocycles. The van der Waals surface area contributed by atoms with Gasteiger partial charge in [-0.05, 0) is 24.5 Å². The quantitative estimate of drug-likeness (QED) is 0.563. The molecule has 4 N–H and O–H groups in total. The lowest BCUT2D eigenvalue weighted by Crippen LogP contribution is -2.14. The zero-order valence-corrected chi connectivity index (χ0v) is 12.9. The van der Waals surface area contributed by atoms with Gasteiger partial charge in [-0.25, -0.2) is 15.8 Å². The molecule has 0 radical (unpaired) electrons. The number of aromatic nitrogens is 2. The van der Waals surface area contributed by atoms with Crippen LogP contribution in [0.25, 0.3) is 0 Å². The van der Waals surface area contributed by atoms with Crippen LogP contribution in [0.1, 0.15) is 42.0 Å². The van der Waals surface area contributed by atoms with Crippen LogP contribution in [0.2, 0.25) is 0 Å². The number of anilines is 2. The van der Waals surface area contributed by atoms with E-state index in [0.29, 0.717) is 11.7 Å². The minimum absolute atomic E-state index is 0.291. The molecule has 0 aliphatic rings. The van der Waals surface area contributed by atoms with Crippen LogP contribution in [0.5, 0.6) is 0 Å². The zero-order chi connectivity index (χ0) is 14.5. The summed E-state index contributed by atoms with van der Waals surface area (Å²) in [7, 11) is 0. The van der Waals surface area contributed by atoms with Gasteiger partial charge in [0.1, 0.15) is 18.0 Å². The van der Waals surface area contributed by atoms with Gasteiger partial charge in [0, 0.05) is 15.3 Å². The fourth-order valence-corrected chi connectivity index (χ4v) is 2.97. The van der Waals surface area contributed by atoms with E-state index in [4.69, 9.17) is 5.84 Å². The van der Waals surface area contributed by atoms with Gasteiger partial charge in [-0.15, -0.1) is 11.3 Å². The number of nitrogens with two attached hydrogens (primary N) is 1. The van der Waals surface area contributed by atoms with Crippen LogP contribution in [0.3, 0.4) is 0 Å². The zero-order valence-electron chi connectivity index (χ0n) is 12.1. The van der Waals surface area contributed by atoms with E-state index < -0.39 is 0 Å². The topological polar surface area (TPSA) is 75.9 Å². The fourth-order valence-electron chi connectivity index (χ4n) is 2.08. The monoisotopic (exact) mass is 291 g/mol. The molecule has 2 heterocycles. The molecule has 0 atom stereocenters. The van der Waals surface area contributed by atoms with Crippen molar-refractivity contribution < 1.29 is 0 Å². The van der Waals surface area contributed by atoms with Crippen LogP contribution >= 0.6 is 11.3 Å². The summed E-state index contributed by atoms with van der Waals surface area (Å²) in [5.74, 6) is 7.33. The van der Waals surface area contributed by atoms with Gasteiger partial charge in [-0.2, -0.15) is 0 Å². The van der Waals surface area contributed by atoms with E-state index in [-0.39, 0.29) is 0 Å². The molecular weight excluding hydrogens is 270 g/mol. The van der Waals surface area contributed by atoms with E-state index in [1.54, 1.807) is 0 Å². The second-order valence-corrected chi connectivity index (χ2v) is 6.11. The number of hydrazine groups is 1. The highest BCUT2D eigenvalue weighted by molar-refractivity contribution is 7.12. The van der Waals surface area contributed by atoms with Gasteiger partial charge < -0.3 is 10.7 Å². The fraction of sp³-hybridized carbons (Fsp3) is 0.429. The Bertz CT molecular complexity index is 564. The molecule has 0 aliphatic carbocycles. The molecular formula is C14H21N5S. The molecule has 0 bridgehead atoms. The average molecular weight is 291 g/mol. The molecule has 0 saturated carbocycles. The predicted molar refractivity (Wildman–Crippen MR) is 85.0 cm³/mol. The summed E-state index contributed by atoms with van der Waals surface area (Å²) < 4.78 is 0. The van der Waals surface area contributed by atoms with Crippen LogP contribution < -0.4 is 16.6 Å². The Labute approximate surface area is 123 Å². The van der Waals surface area contributed by atoms with Crippen LogP contribution in [-0.4, -0.2) is 9.97 Å². The molecule has 5 nitrogen and oxygen atoms in total. The second kappa shape index (κ2) is 6.67. The van der Waals surface area contributed by atoms with Crippen molar-refractivity contribution in [3.8, 4) is 0 Å². The molecule has 0 fully saturated rings. The number of hydrogen-bond acceptors (Lipinski definition) is 6. The molecule has 20 heavy (non-hydrogen) atoms. The summed E-state index contributed by atoms with van der Waals surface area (Å²) in [6, 6.07) is 4.34. The number of aryl methyl sites for hydroxylation is 1. The number of nitrogen functional groups attached to an aromatic ring is 1. The highest BCUT2D eigenvalue weighted by Crippen LogP contribution is 2.28. The summed E-state index contributed by atoms with van der Waals surface area (Å²) in [6.45, 7) is 7.14. The van der Waals surface area contributed by atoms with Crippen LogP contribution in [0.15, 0.2) is 18.5 Å². The van der Waals surface area contributed by atoms with Gasteiger partial charge in [0.2, 0.25) is 0 Å². The maximum atomic E-state index is 5.52. The number of hydrogen-bond donors (Lipinski definition) is 3. The number of nitrogens with zero attached hydrogens (tertiary/aromatic N) is 2. The lowest BCUT2D eigenvalue weighted by atomic mass is 10.0. The van der Waals surface area contributed by atoms with Crippen LogP contribution in [-0.2, 0) is 13.0 Å². The molecule has 2 aromatic rings. The Morgan fingerprint density at radius 1 is 1.20 bits per heavy atom. The minimum atomic E-state index is 0.291. The van der Waals surface area contributed by atoms with E-state index in [9.17, 15) is 0 Å². The van der Waals surface area contributed by atoms with Gasteiger partial charge in [-0.1, -0.05) is 20.8 Å². The van der Waals surface area contributed by atoms with Gasteiger partial charge in [0.05, 0.1) is 6.54 Å². The van der Waals surface area contributed by atoms with Crippen molar-refractivity contribution in [1.29, 1.82) is 0 Å². The maximum absolute atomic E-state index is 5.52. The Kier molecular flexibility index (Phi) is 4.92.